The van der Waals surface area contributed by atoms with E-state index in [1.807, 2.05) is 4.90 Å². The normalized spacial score (nSPS) is 22.6. The Morgan fingerprint density at radius 3 is 2.56 bits per heavy atom. The van der Waals surface area contributed by atoms with Crippen molar-refractivity contribution in [3.63, 3.8) is 0 Å². The Kier molecular flexibility index (Phi) is 4.41. The SMILES string of the molecule is Cc1cccc2sc(N3CCN(C4CCN(C(C)C)C4=O)CC3)nc12. The van der Waals surface area contributed by atoms with E-state index in [0.717, 1.165) is 49.8 Å². The van der Waals surface area contributed by atoms with Crippen molar-refractivity contribution in [3.05, 3.63) is 23.8 Å². The van der Waals surface area contributed by atoms with Crippen LogP contribution in [0.2, 0.25) is 0 Å². The van der Waals surface area contributed by atoms with Crippen LogP contribution in [0, 0.1) is 6.92 Å². The molecule has 3 heterocycles. The average Bonchev–Trinajstić information content (AvgIpc) is 3.20. The predicted octanol–water partition coefficient (Wildman–Crippen LogP) is 2.74. The van der Waals surface area contributed by atoms with E-state index in [1.165, 1.54) is 10.3 Å². The molecular weight excluding hydrogens is 332 g/mol. The second-order valence-corrected chi connectivity index (χ2v) is 8.38. The highest BCUT2D eigenvalue weighted by molar-refractivity contribution is 7.22. The first-order valence-corrected chi connectivity index (χ1v) is 10.0. The summed E-state index contributed by atoms with van der Waals surface area (Å²) in [6.45, 7) is 11.0. The number of aromatic nitrogens is 1. The number of amides is 1. The molecule has 1 atom stereocenters. The number of piperazine rings is 1. The Bertz CT molecular complexity index is 779. The van der Waals surface area contributed by atoms with Crippen molar-refractivity contribution in [2.24, 2.45) is 0 Å². The summed E-state index contributed by atoms with van der Waals surface area (Å²) in [7, 11) is 0. The molecule has 2 saturated heterocycles. The largest absolute Gasteiger partial charge is 0.345 e. The molecule has 2 aliphatic rings. The highest BCUT2D eigenvalue weighted by Gasteiger charge is 2.38. The average molecular weight is 359 g/mol. The zero-order valence-electron chi connectivity index (χ0n) is 15.2. The molecule has 0 bridgehead atoms. The Balaban J connectivity index is 1.43. The maximum absolute atomic E-state index is 12.6. The predicted molar refractivity (Wildman–Crippen MR) is 103 cm³/mol. The second kappa shape index (κ2) is 6.57. The summed E-state index contributed by atoms with van der Waals surface area (Å²) in [5, 5.41) is 1.12. The van der Waals surface area contributed by atoms with Gasteiger partial charge in [0.15, 0.2) is 5.13 Å². The van der Waals surface area contributed by atoms with Gasteiger partial charge in [-0.05, 0) is 38.8 Å². The molecule has 2 aliphatic heterocycles. The lowest BCUT2D eigenvalue weighted by atomic mass is 10.2. The van der Waals surface area contributed by atoms with Gasteiger partial charge in [-0.2, -0.15) is 0 Å². The number of hydrogen-bond acceptors (Lipinski definition) is 5. The molecule has 5 nitrogen and oxygen atoms in total. The van der Waals surface area contributed by atoms with Crippen LogP contribution in [0.1, 0.15) is 25.8 Å². The van der Waals surface area contributed by atoms with Crippen LogP contribution in [0.3, 0.4) is 0 Å². The van der Waals surface area contributed by atoms with Gasteiger partial charge in [0.05, 0.1) is 16.3 Å². The van der Waals surface area contributed by atoms with Crippen LogP contribution in [0.15, 0.2) is 18.2 Å². The molecule has 2 fully saturated rings. The fourth-order valence-electron chi connectivity index (χ4n) is 3.97. The van der Waals surface area contributed by atoms with E-state index >= 15 is 0 Å². The number of benzene rings is 1. The fourth-order valence-corrected chi connectivity index (χ4v) is 5.07. The van der Waals surface area contributed by atoms with Gasteiger partial charge in [-0.3, -0.25) is 9.69 Å². The molecule has 0 N–H and O–H groups in total. The summed E-state index contributed by atoms with van der Waals surface area (Å²) >= 11 is 1.78. The molecule has 1 amide bonds. The van der Waals surface area contributed by atoms with Gasteiger partial charge in [0.2, 0.25) is 5.91 Å². The fraction of sp³-hybridized carbons (Fsp3) is 0.579. The third kappa shape index (κ3) is 3.02. The first-order valence-electron chi connectivity index (χ1n) is 9.20. The smallest absolute Gasteiger partial charge is 0.240 e. The molecule has 25 heavy (non-hydrogen) atoms. The minimum atomic E-state index is 0.0853. The molecular formula is C19H26N4OS. The number of thiazole rings is 1. The molecule has 2 aromatic rings. The molecule has 4 rings (SSSR count). The number of fused-ring (bicyclic) bond motifs is 1. The summed E-state index contributed by atoms with van der Waals surface area (Å²) in [6.07, 6.45) is 0.970. The molecule has 134 valence electrons. The van der Waals surface area contributed by atoms with Gasteiger partial charge in [-0.15, -0.1) is 0 Å². The Morgan fingerprint density at radius 1 is 1.16 bits per heavy atom. The lowest BCUT2D eigenvalue weighted by Crippen LogP contribution is -2.53. The van der Waals surface area contributed by atoms with Gasteiger partial charge in [-0.1, -0.05) is 23.5 Å². The number of anilines is 1. The number of likely N-dealkylation sites (tertiary alicyclic amines) is 1. The van der Waals surface area contributed by atoms with Crippen LogP contribution in [0.5, 0.6) is 0 Å². The summed E-state index contributed by atoms with van der Waals surface area (Å²) in [4.78, 5) is 24.2. The minimum Gasteiger partial charge on any atom is -0.345 e. The van der Waals surface area contributed by atoms with Crippen molar-refractivity contribution in [1.29, 1.82) is 0 Å². The van der Waals surface area contributed by atoms with Crippen LogP contribution < -0.4 is 4.90 Å². The number of nitrogens with zero attached hydrogens (tertiary/aromatic N) is 4. The van der Waals surface area contributed by atoms with E-state index in [0.29, 0.717) is 11.9 Å². The molecule has 0 spiro atoms. The van der Waals surface area contributed by atoms with Gasteiger partial charge in [-0.25, -0.2) is 4.98 Å². The third-order valence-corrected chi connectivity index (χ3v) is 6.55. The molecule has 0 saturated carbocycles. The summed E-state index contributed by atoms with van der Waals surface area (Å²) < 4.78 is 1.26. The summed E-state index contributed by atoms with van der Waals surface area (Å²) in [6, 6.07) is 6.77. The van der Waals surface area contributed by atoms with E-state index < -0.39 is 0 Å². The van der Waals surface area contributed by atoms with Crippen LogP contribution in [-0.2, 0) is 4.79 Å². The van der Waals surface area contributed by atoms with Crippen LogP contribution >= 0.6 is 11.3 Å². The van der Waals surface area contributed by atoms with Gasteiger partial charge in [0.25, 0.3) is 0 Å². The van der Waals surface area contributed by atoms with Gasteiger partial charge < -0.3 is 9.80 Å². The maximum atomic E-state index is 12.6. The Labute approximate surface area is 153 Å². The zero-order chi connectivity index (χ0) is 17.6. The van der Waals surface area contributed by atoms with E-state index in [4.69, 9.17) is 4.98 Å². The molecule has 0 aliphatic carbocycles. The second-order valence-electron chi connectivity index (χ2n) is 7.37. The summed E-state index contributed by atoms with van der Waals surface area (Å²) in [5.41, 5.74) is 2.37. The highest BCUT2D eigenvalue weighted by atomic mass is 32.1. The lowest BCUT2D eigenvalue weighted by molar-refractivity contribution is -0.133. The van der Waals surface area contributed by atoms with Crippen molar-refractivity contribution >= 4 is 32.6 Å². The van der Waals surface area contributed by atoms with Crippen molar-refractivity contribution < 1.29 is 4.79 Å². The van der Waals surface area contributed by atoms with E-state index in [-0.39, 0.29) is 6.04 Å². The standard InChI is InChI=1S/C19H26N4OS/c1-13(2)23-8-7-15(18(23)24)21-9-11-22(12-10-21)19-20-17-14(3)5-4-6-16(17)25-19/h4-6,13,15H,7-12H2,1-3H3. The van der Waals surface area contributed by atoms with E-state index in [9.17, 15) is 4.79 Å². The first kappa shape index (κ1) is 16.8. The zero-order valence-corrected chi connectivity index (χ0v) is 16.1. The van der Waals surface area contributed by atoms with Crippen molar-refractivity contribution in [1.82, 2.24) is 14.8 Å². The van der Waals surface area contributed by atoms with Gasteiger partial charge >= 0.3 is 0 Å². The van der Waals surface area contributed by atoms with Gasteiger partial charge in [0, 0.05) is 38.8 Å². The quantitative estimate of drug-likeness (QED) is 0.846. The van der Waals surface area contributed by atoms with Crippen molar-refractivity contribution in [2.75, 3.05) is 37.6 Å². The van der Waals surface area contributed by atoms with Crippen LogP contribution in [-0.4, -0.2) is 65.5 Å². The molecule has 1 aromatic heterocycles. The van der Waals surface area contributed by atoms with Crippen molar-refractivity contribution in [2.45, 2.75) is 39.3 Å². The number of para-hydroxylation sites is 1. The monoisotopic (exact) mass is 358 g/mol. The van der Waals surface area contributed by atoms with E-state index in [1.54, 1.807) is 11.3 Å². The Morgan fingerprint density at radius 2 is 1.92 bits per heavy atom. The molecule has 6 heteroatoms. The van der Waals surface area contributed by atoms with Crippen molar-refractivity contribution in [3.8, 4) is 0 Å². The third-order valence-electron chi connectivity index (χ3n) is 5.47. The maximum Gasteiger partial charge on any atom is 0.240 e. The number of carbonyl (C=O) groups excluding carboxylic acids is 1. The molecule has 1 aromatic carbocycles. The number of hydrogen-bond donors (Lipinski definition) is 0. The summed E-state index contributed by atoms with van der Waals surface area (Å²) in [5.74, 6) is 0.319. The van der Waals surface area contributed by atoms with Crippen LogP contribution in [0.25, 0.3) is 10.2 Å². The van der Waals surface area contributed by atoms with Gasteiger partial charge in [0.1, 0.15) is 0 Å². The number of rotatable bonds is 3. The minimum absolute atomic E-state index is 0.0853. The number of carbonyl (C=O) groups is 1. The van der Waals surface area contributed by atoms with Crippen LogP contribution in [0.4, 0.5) is 5.13 Å². The highest BCUT2D eigenvalue weighted by Crippen LogP contribution is 2.31. The first-order chi connectivity index (χ1) is 12.0. The topological polar surface area (TPSA) is 39.7 Å². The lowest BCUT2D eigenvalue weighted by Gasteiger charge is -2.37. The van der Waals surface area contributed by atoms with E-state index in [2.05, 4.69) is 48.8 Å². The number of aryl methyl sites for hydroxylation is 1. The molecule has 1 unspecified atom stereocenters. The molecule has 0 radical (unpaired) electrons. The Hall–Kier alpha value is -1.66.